The molecule has 0 saturated carbocycles. The summed E-state index contributed by atoms with van der Waals surface area (Å²) >= 11 is 1.72. The zero-order valence-corrected chi connectivity index (χ0v) is 12.7. The second kappa shape index (κ2) is 5.22. The number of thioether (sulfide) groups is 1. The van der Waals surface area contributed by atoms with E-state index in [1.807, 2.05) is 13.0 Å². The van der Waals surface area contributed by atoms with Crippen LogP contribution in [0.5, 0.6) is 0 Å². The van der Waals surface area contributed by atoms with Gasteiger partial charge in [0.2, 0.25) is 0 Å². The van der Waals surface area contributed by atoms with Crippen molar-refractivity contribution in [3.8, 4) is 0 Å². The molecule has 0 radical (unpaired) electrons. The zero-order valence-electron chi connectivity index (χ0n) is 11.8. The van der Waals surface area contributed by atoms with Crippen LogP contribution in [0.3, 0.4) is 0 Å². The van der Waals surface area contributed by atoms with Crippen molar-refractivity contribution in [3.63, 3.8) is 0 Å². The molecule has 20 heavy (non-hydrogen) atoms. The number of aliphatic hydroxyl groups is 1. The second-order valence-corrected chi connectivity index (χ2v) is 6.48. The van der Waals surface area contributed by atoms with Crippen LogP contribution in [0.15, 0.2) is 29.4 Å². The molecule has 4 nitrogen and oxygen atoms in total. The highest BCUT2D eigenvalue weighted by Crippen LogP contribution is 2.30. The van der Waals surface area contributed by atoms with Gasteiger partial charge in [-0.2, -0.15) is 0 Å². The fraction of sp³-hybridized carbons (Fsp3) is 0.467. The Kier molecular flexibility index (Phi) is 3.56. The summed E-state index contributed by atoms with van der Waals surface area (Å²) in [5, 5.41) is 11.4. The standard InChI is InChI=1S/C15H19N3OS/c1-15(19)6-3-7-18(9-15)14-12-8-11(20-2)4-5-13(12)16-10-17-14/h4-5,8,10,19H,3,6-7,9H2,1-2H3. The summed E-state index contributed by atoms with van der Waals surface area (Å²) in [5.41, 5.74) is 0.324. The van der Waals surface area contributed by atoms with E-state index < -0.39 is 5.60 Å². The number of rotatable bonds is 2. The third kappa shape index (κ3) is 2.60. The fourth-order valence-corrected chi connectivity index (χ4v) is 3.24. The average Bonchev–Trinajstić information content (AvgIpc) is 2.45. The van der Waals surface area contributed by atoms with Crippen molar-refractivity contribution in [2.24, 2.45) is 0 Å². The molecule has 1 fully saturated rings. The average molecular weight is 289 g/mol. The summed E-state index contributed by atoms with van der Waals surface area (Å²) < 4.78 is 0. The maximum Gasteiger partial charge on any atom is 0.140 e. The highest BCUT2D eigenvalue weighted by Gasteiger charge is 2.29. The van der Waals surface area contributed by atoms with Crippen LogP contribution in [0, 0.1) is 0 Å². The Bertz CT molecular complexity index is 630. The molecule has 106 valence electrons. The Morgan fingerprint density at radius 2 is 2.20 bits per heavy atom. The van der Waals surface area contributed by atoms with E-state index in [2.05, 4.69) is 33.3 Å². The number of fused-ring (bicyclic) bond motifs is 1. The molecule has 3 rings (SSSR count). The van der Waals surface area contributed by atoms with Crippen molar-refractivity contribution in [2.75, 3.05) is 24.2 Å². The molecule has 1 aliphatic rings. The third-order valence-corrected chi connectivity index (χ3v) is 4.52. The number of benzene rings is 1. The summed E-state index contributed by atoms with van der Waals surface area (Å²) in [6.45, 7) is 3.46. The smallest absolute Gasteiger partial charge is 0.140 e. The Balaban J connectivity index is 2.06. The van der Waals surface area contributed by atoms with Gasteiger partial charge < -0.3 is 10.0 Å². The summed E-state index contributed by atoms with van der Waals surface area (Å²) in [7, 11) is 0. The first kappa shape index (κ1) is 13.6. The predicted octanol–water partition coefficient (Wildman–Crippen LogP) is 2.70. The normalized spacial score (nSPS) is 23.2. The van der Waals surface area contributed by atoms with Gasteiger partial charge in [0.1, 0.15) is 12.1 Å². The maximum atomic E-state index is 10.3. The monoisotopic (exact) mass is 289 g/mol. The van der Waals surface area contributed by atoms with Gasteiger partial charge in [0.05, 0.1) is 11.1 Å². The first-order valence-corrected chi connectivity index (χ1v) is 8.08. The molecule has 1 aliphatic heterocycles. The molecule has 0 amide bonds. The largest absolute Gasteiger partial charge is 0.388 e. The minimum absolute atomic E-state index is 0.628. The van der Waals surface area contributed by atoms with Gasteiger partial charge in [-0.25, -0.2) is 9.97 Å². The number of β-amino-alcohol motifs (C(OH)–C–C–N with tert-alkyl or cyclic N) is 1. The van der Waals surface area contributed by atoms with Crippen LogP contribution in [-0.4, -0.2) is 40.0 Å². The Morgan fingerprint density at radius 1 is 1.35 bits per heavy atom. The predicted molar refractivity (Wildman–Crippen MR) is 83.4 cm³/mol. The molecular weight excluding hydrogens is 270 g/mol. The minimum Gasteiger partial charge on any atom is -0.388 e. The Labute approximate surface area is 123 Å². The number of hydrogen-bond acceptors (Lipinski definition) is 5. The molecule has 5 heteroatoms. The molecule has 1 atom stereocenters. The third-order valence-electron chi connectivity index (χ3n) is 3.80. The molecule has 2 aromatic rings. The van der Waals surface area contributed by atoms with Crippen molar-refractivity contribution in [1.29, 1.82) is 0 Å². The summed E-state index contributed by atoms with van der Waals surface area (Å²) in [5.74, 6) is 0.936. The van der Waals surface area contributed by atoms with Crippen molar-refractivity contribution < 1.29 is 5.11 Å². The van der Waals surface area contributed by atoms with Gasteiger partial charge in [0.15, 0.2) is 0 Å². The number of nitrogens with zero attached hydrogens (tertiary/aromatic N) is 3. The van der Waals surface area contributed by atoms with Crippen molar-refractivity contribution in [2.45, 2.75) is 30.3 Å². The van der Waals surface area contributed by atoms with Gasteiger partial charge in [-0.05, 0) is 44.2 Å². The van der Waals surface area contributed by atoms with Crippen molar-refractivity contribution in [3.05, 3.63) is 24.5 Å². The summed E-state index contributed by atoms with van der Waals surface area (Å²) in [6, 6.07) is 6.25. The highest BCUT2D eigenvalue weighted by molar-refractivity contribution is 7.98. The van der Waals surface area contributed by atoms with Gasteiger partial charge in [-0.1, -0.05) is 0 Å². The molecule has 1 aromatic heterocycles. The number of aromatic nitrogens is 2. The van der Waals surface area contributed by atoms with Crippen molar-refractivity contribution in [1.82, 2.24) is 9.97 Å². The van der Waals surface area contributed by atoms with E-state index in [0.717, 1.165) is 36.1 Å². The topological polar surface area (TPSA) is 49.2 Å². The van der Waals surface area contributed by atoms with Crippen LogP contribution < -0.4 is 4.90 Å². The molecule has 1 aromatic carbocycles. The van der Waals surface area contributed by atoms with Gasteiger partial charge >= 0.3 is 0 Å². The Hall–Kier alpha value is -1.33. The first-order chi connectivity index (χ1) is 9.59. The zero-order chi connectivity index (χ0) is 14.2. The Morgan fingerprint density at radius 3 is 2.95 bits per heavy atom. The van der Waals surface area contributed by atoms with E-state index in [4.69, 9.17) is 0 Å². The molecule has 2 heterocycles. The van der Waals surface area contributed by atoms with Crippen LogP contribution in [0.25, 0.3) is 10.9 Å². The van der Waals surface area contributed by atoms with Gasteiger partial charge in [-0.3, -0.25) is 0 Å². The maximum absolute atomic E-state index is 10.3. The van der Waals surface area contributed by atoms with E-state index in [1.165, 1.54) is 4.90 Å². The number of anilines is 1. The lowest BCUT2D eigenvalue weighted by molar-refractivity contribution is 0.0448. The van der Waals surface area contributed by atoms with Crippen LogP contribution in [0.1, 0.15) is 19.8 Å². The highest BCUT2D eigenvalue weighted by atomic mass is 32.2. The molecule has 0 bridgehead atoms. The van der Waals surface area contributed by atoms with Crippen LogP contribution in [-0.2, 0) is 0 Å². The fourth-order valence-electron chi connectivity index (χ4n) is 2.80. The van der Waals surface area contributed by atoms with E-state index >= 15 is 0 Å². The van der Waals surface area contributed by atoms with Gasteiger partial charge in [-0.15, -0.1) is 11.8 Å². The van der Waals surface area contributed by atoms with Crippen LogP contribution >= 0.6 is 11.8 Å². The van der Waals surface area contributed by atoms with E-state index in [1.54, 1.807) is 18.1 Å². The SMILES string of the molecule is CSc1ccc2ncnc(N3CCCC(C)(O)C3)c2c1. The lowest BCUT2D eigenvalue weighted by atomic mass is 9.95. The van der Waals surface area contributed by atoms with E-state index in [-0.39, 0.29) is 0 Å². The van der Waals surface area contributed by atoms with E-state index in [9.17, 15) is 5.11 Å². The molecule has 1 unspecified atom stereocenters. The molecule has 1 N–H and O–H groups in total. The number of piperidine rings is 1. The lowest BCUT2D eigenvalue weighted by Gasteiger charge is -2.37. The quantitative estimate of drug-likeness (QED) is 0.861. The van der Waals surface area contributed by atoms with Gasteiger partial charge in [0, 0.05) is 23.4 Å². The molecule has 1 saturated heterocycles. The number of hydrogen-bond donors (Lipinski definition) is 1. The second-order valence-electron chi connectivity index (χ2n) is 5.60. The summed E-state index contributed by atoms with van der Waals surface area (Å²) in [4.78, 5) is 12.2. The van der Waals surface area contributed by atoms with Gasteiger partial charge in [0.25, 0.3) is 0 Å². The first-order valence-electron chi connectivity index (χ1n) is 6.85. The molecular formula is C15H19N3OS. The van der Waals surface area contributed by atoms with Crippen molar-refractivity contribution >= 4 is 28.5 Å². The van der Waals surface area contributed by atoms with Crippen LogP contribution in [0.4, 0.5) is 5.82 Å². The van der Waals surface area contributed by atoms with E-state index in [0.29, 0.717) is 6.54 Å². The van der Waals surface area contributed by atoms with Crippen LogP contribution in [0.2, 0.25) is 0 Å². The summed E-state index contributed by atoms with van der Waals surface area (Å²) in [6.07, 6.45) is 5.51. The minimum atomic E-state index is -0.632. The molecule has 0 aliphatic carbocycles. The lowest BCUT2D eigenvalue weighted by Crippen LogP contribution is -2.46. The molecule has 0 spiro atoms.